The van der Waals surface area contributed by atoms with Crippen LogP contribution in [0.1, 0.15) is 26.7 Å². The largest absolute Gasteiger partial charge is 0.480 e. The van der Waals surface area contributed by atoms with Gasteiger partial charge in [0.2, 0.25) is 0 Å². The molecule has 0 heterocycles. The summed E-state index contributed by atoms with van der Waals surface area (Å²) in [5.74, 6) is -1.95. The van der Waals surface area contributed by atoms with Gasteiger partial charge in [-0.2, -0.15) is 25.3 Å². The average Bonchev–Trinajstić information content (AvgIpc) is 2.35. The van der Waals surface area contributed by atoms with Gasteiger partial charge in [-0.25, -0.2) is 0 Å². The minimum absolute atomic E-state index is 0.196. The first-order chi connectivity index (χ1) is 9.78. The molecule has 0 saturated carbocycles. The molecule has 0 rings (SSSR count). The summed E-state index contributed by atoms with van der Waals surface area (Å²) < 4.78 is 72.8. The smallest absolute Gasteiger partial charge is 0.414 e. The van der Waals surface area contributed by atoms with E-state index in [1.165, 1.54) is 0 Å². The minimum Gasteiger partial charge on any atom is -0.480 e. The number of rotatable bonds is 8. The van der Waals surface area contributed by atoms with Gasteiger partial charge in [-0.05, 0) is 13.3 Å². The maximum Gasteiger partial charge on any atom is 0.414 e. The van der Waals surface area contributed by atoms with Gasteiger partial charge < -0.3 is 5.11 Å². The number of carbonyl (C=O) groups is 2. The van der Waals surface area contributed by atoms with Crippen molar-refractivity contribution in [3.05, 3.63) is 0 Å². The quantitative estimate of drug-likeness (QED) is 0.419. The third-order valence-electron chi connectivity index (χ3n) is 2.11. The maximum absolute atomic E-state index is 11.3. The van der Waals surface area contributed by atoms with E-state index in [4.69, 9.17) is 5.11 Å². The predicted octanol–water partition coefficient (Wildman–Crippen LogP) is -0.598. The monoisotopic (exact) mass is 382 g/mol. The number of aliphatic carboxylic acids is 1. The second kappa shape index (κ2) is 7.45. The van der Waals surface area contributed by atoms with Crippen molar-refractivity contribution in [2.45, 2.75) is 31.9 Å². The molecule has 0 spiro atoms. The number of hydrogen-bond donors (Lipinski definition) is 1. The van der Waals surface area contributed by atoms with Crippen LogP contribution in [0.2, 0.25) is 0 Å². The Bertz CT molecular complexity index is 728. The van der Waals surface area contributed by atoms with Gasteiger partial charge in [-0.1, -0.05) is 13.3 Å². The fraction of sp³-hybridized carbons (Fsp3) is 0.750. The van der Waals surface area contributed by atoms with Crippen molar-refractivity contribution in [1.29, 1.82) is 0 Å². The van der Waals surface area contributed by atoms with Crippen LogP contribution in [0.25, 0.3) is 0 Å². The topological polar surface area (TPSA) is 175 Å². The Balaban J connectivity index is 5.34. The maximum atomic E-state index is 11.3. The van der Waals surface area contributed by atoms with Gasteiger partial charge in [-0.15, -0.1) is 3.63 Å². The summed E-state index contributed by atoms with van der Waals surface area (Å²) >= 11 is 0. The van der Waals surface area contributed by atoms with Crippen LogP contribution in [0.4, 0.5) is 4.79 Å². The number of carboxylic acid groups (broad SMARTS) is 1. The first-order valence-corrected chi connectivity index (χ1v) is 9.93. The third-order valence-corrected chi connectivity index (χ3v) is 7.17. The van der Waals surface area contributed by atoms with E-state index < -0.39 is 52.6 Å². The highest BCUT2D eigenvalue weighted by Gasteiger charge is 2.43. The van der Waals surface area contributed by atoms with Gasteiger partial charge >= 0.3 is 30.7 Å². The van der Waals surface area contributed by atoms with Crippen LogP contribution in [-0.2, 0) is 43.0 Å². The fourth-order valence-electron chi connectivity index (χ4n) is 0.821. The van der Waals surface area contributed by atoms with E-state index in [-0.39, 0.29) is 6.42 Å². The molecule has 1 N–H and O–H groups in total. The van der Waals surface area contributed by atoms with Crippen LogP contribution < -0.4 is 0 Å². The molecule has 22 heavy (non-hydrogen) atoms. The highest BCUT2D eigenvalue weighted by Crippen LogP contribution is 2.14. The van der Waals surface area contributed by atoms with Gasteiger partial charge in [0.25, 0.3) is 10.1 Å². The molecule has 0 amide bonds. The zero-order valence-electron chi connectivity index (χ0n) is 11.5. The number of hydrogen-bond acceptors (Lipinski definition) is 10. The predicted molar refractivity (Wildman–Crippen MR) is 71.2 cm³/mol. The Hall–Kier alpha value is -1.09. The first-order valence-electron chi connectivity index (χ1n) is 5.64. The van der Waals surface area contributed by atoms with Crippen molar-refractivity contribution >= 4 is 40.8 Å². The third kappa shape index (κ3) is 5.60. The lowest BCUT2D eigenvalue weighted by molar-refractivity contribution is -0.136. The Kier molecular flexibility index (Phi) is 7.08. The Morgan fingerprint density at radius 2 is 1.55 bits per heavy atom. The second-order valence-corrected chi connectivity index (χ2v) is 9.16. The van der Waals surface area contributed by atoms with E-state index in [2.05, 4.69) is 7.81 Å². The van der Waals surface area contributed by atoms with Gasteiger partial charge in [0.15, 0.2) is 5.25 Å². The number of carboxylic acids is 1. The average molecular weight is 382 g/mol. The lowest BCUT2D eigenvalue weighted by Crippen LogP contribution is -2.34. The van der Waals surface area contributed by atoms with Crippen molar-refractivity contribution in [2.75, 3.05) is 6.61 Å². The highest BCUT2D eigenvalue weighted by molar-refractivity contribution is 8.29. The van der Waals surface area contributed by atoms with E-state index >= 15 is 0 Å². The lowest BCUT2D eigenvalue weighted by atomic mass is 10.4. The Morgan fingerprint density at radius 1 is 1.05 bits per heavy atom. The molecule has 1 atom stereocenters. The van der Waals surface area contributed by atoms with E-state index in [1.54, 1.807) is 6.92 Å². The van der Waals surface area contributed by atoms with E-state index in [1.807, 2.05) is 0 Å². The normalized spacial score (nSPS) is 14.5. The molecule has 0 aromatic carbocycles. The molecule has 0 aromatic rings. The highest BCUT2D eigenvalue weighted by atomic mass is 32.3. The molecule has 0 aromatic heterocycles. The van der Waals surface area contributed by atoms with Crippen molar-refractivity contribution < 1.29 is 47.8 Å². The molecule has 0 bridgehead atoms. The van der Waals surface area contributed by atoms with Crippen molar-refractivity contribution in [1.82, 2.24) is 0 Å². The van der Waals surface area contributed by atoms with E-state index in [0.717, 1.165) is 0 Å². The molecular weight excluding hydrogens is 368 g/mol. The molecule has 0 aliphatic heterocycles. The molecule has 0 aliphatic rings. The Labute approximate surface area is 127 Å². The van der Waals surface area contributed by atoms with Crippen LogP contribution in [0, 0.1) is 0 Å². The summed E-state index contributed by atoms with van der Waals surface area (Å²) in [7, 11) is -16.3. The number of carbonyl (C=O) groups excluding carboxylic acids is 1. The summed E-state index contributed by atoms with van der Waals surface area (Å²) in [5.41, 5.74) is 0. The molecule has 0 saturated heterocycles. The fourth-order valence-corrected chi connectivity index (χ4v) is 4.59. The summed E-state index contributed by atoms with van der Waals surface area (Å²) in [5, 5.41) is 6.14. The van der Waals surface area contributed by atoms with Crippen LogP contribution in [0.3, 0.4) is 0 Å². The van der Waals surface area contributed by atoms with Gasteiger partial charge in [0, 0.05) is 0 Å². The van der Waals surface area contributed by atoms with Crippen molar-refractivity contribution in [3.63, 3.8) is 0 Å². The van der Waals surface area contributed by atoms with Crippen LogP contribution >= 0.6 is 0 Å². The molecule has 14 heteroatoms. The summed E-state index contributed by atoms with van der Waals surface area (Å²) in [6.07, 6.45) is 0.680. The van der Waals surface area contributed by atoms with Crippen LogP contribution in [0.15, 0.2) is 0 Å². The summed E-state index contributed by atoms with van der Waals surface area (Å²) in [4.78, 5) is 21.8. The van der Waals surface area contributed by atoms with Crippen LogP contribution in [0.5, 0.6) is 0 Å². The van der Waals surface area contributed by atoms with Crippen LogP contribution in [-0.4, -0.2) is 52.6 Å². The van der Waals surface area contributed by atoms with Gasteiger partial charge in [-0.3, -0.25) is 13.8 Å². The lowest BCUT2D eigenvalue weighted by Gasteiger charge is -2.08. The zero-order valence-corrected chi connectivity index (χ0v) is 13.9. The molecule has 1 unspecified atom stereocenters. The molecule has 130 valence electrons. The van der Waals surface area contributed by atoms with Gasteiger partial charge in [0.05, 0.1) is 6.61 Å². The summed E-state index contributed by atoms with van der Waals surface area (Å²) in [6.45, 7) is 1.75. The van der Waals surface area contributed by atoms with E-state index in [9.17, 15) is 34.8 Å². The number of unbranched alkanes of at least 4 members (excludes halogenated alkanes) is 1. The molecule has 0 fully saturated rings. The summed E-state index contributed by atoms with van der Waals surface area (Å²) in [6, 6.07) is 0. The van der Waals surface area contributed by atoms with E-state index in [0.29, 0.717) is 13.3 Å². The molecule has 0 aliphatic carbocycles. The Morgan fingerprint density at radius 3 is 1.95 bits per heavy atom. The second-order valence-electron chi connectivity index (χ2n) is 3.88. The molecular formula is C8H14O11S3. The molecule has 0 radical (unpaired) electrons. The zero-order chi connectivity index (χ0) is 17.8. The molecule has 11 nitrogen and oxygen atoms in total. The van der Waals surface area contributed by atoms with Crippen molar-refractivity contribution in [3.8, 4) is 0 Å². The van der Waals surface area contributed by atoms with Gasteiger partial charge in [0.1, 0.15) is 0 Å². The van der Waals surface area contributed by atoms with Crippen molar-refractivity contribution in [2.24, 2.45) is 0 Å². The SMILES string of the molecule is CCCCOS(=O)(=O)C(=O)S(=O)(=O)OS(=O)(=O)C(C)C(=O)O. The standard InChI is InChI=1S/C8H14O11S3/c1-3-4-5-18-21(14,15)8(11)22(16,17)19-20(12,13)6(2)7(9)10/h6H,3-5H2,1-2H3,(H,9,10). The minimum atomic E-state index is -5.79. The first kappa shape index (κ1) is 20.9.